The molecule has 1 N–H and O–H groups in total. The van der Waals surface area contributed by atoms with E-state index in [9.17, 15) is 0 Å². The van der Waals surface area contributed by atoms with E-state index in [4.69, 9.17) is 11.6 Å². The van der Waals surface area contributed by atoms with Gasteiger partial charge in [0.1, 0.15) is 5.15 Å². The molecule has 4 nitrogen and oxygen atoms in total. The summed E-state index contributed by atoms with van der Waals surface area (Å²) in [6.45, 7) is 3.49. The highest BCUT2D eigenvalue weighted by Crippen LogP contribution is 2.18. The number of pyridine rings is 1. The standard InChI is InChI=1S/C12H15ClN4/c1-9-11(12(13)17(2)16-9)8-15-7-10-3-5-14-6-4-10/h3-6,15H,7-8H2,1-2H3. The minimum atomic E-state index is 0.699. The molecule has 2 rings (SSSR count). The second-order valence-corrected chi connectivity index (χ2v) is 4.30. The lowest BCUT2D eigenvalue weighted by Crippen LogP contribution is -2.13. The summed E-state index contributed by atoms with van der Waals surface area (Å²) in [6.07, 6.45) is 3.58. The quantitative estimate of drug-likeness (QED) is 0.903. The van der Waals surface area contributed by atoms with Crippen LogP contribution in [0.15, 0.2) is 24.5 Å². The van der Waals surface area contributed by atoms with Gasteiger partial charge in [0, 0.05) is 38.1 Å². The molecule has 0 aromatic carbocycles. The summed E-state index contributed by atoms with van der Waals surface area (Å²) in [7, 11) is 1.85. The van der Waals surface area contributed by atoms with Crippen LogP contribution < -0.4 is 5.32 Å². The van der Waals surface area contributed by atoms with Crippen LogP contribution in [0.2, 0.25) is 5.15 Å². The van der Waals surface area contributed by atoms with E-state index >= 15 is 0 Å². The van der Waals surface area contributed by atoms with E-state index < -0.39 is 0 Å². The second-order valence-electron chi connectivity index (χ2n) is 3.94. The molecule has 0 fully saturated rings. The molecule has 0 aliphatic carbocycles. The van der Waals surface area contributed by atoms with Gasteiger partial charge in [-0.1, -0.05) is 11.6 Å². The molecule has 2 heterocycles. The van der Waals surface area contributed by atoms with Crippen LogP contribution in [0.25, 0.3) is 0 Å². The molecule has 0 saturated carbocycles. The fourth-order valence-electron chi connectivity index (χ4n) is 1.71. The smallest absolute Gasteiger partial charge is 0.131 e. The van der Waals surface area contributed by atoms with E-state index in [1.165, 1.54) is 5.56 Å². The normalized spacial score (nSPS) is 10.8. The predicted molar refractivity (Wildman–Crippen MR) is 67.7 cm³/mol. The van der Waals surface area contributed by atoms with Gasteiger partial charge in [0.15, 0.2) is 0 Å². The first kappa shape index (κ1) is 12.1. The van der Waals surface area contributed by atoms with Gasteiger partial charge >= 0.3 is 0 Å². The highest BCUT2D eigenvalue weighted by Gasteiger charge is 2.09. The Morgan fingerprint density at radius 2 is 2.00 bits per heavy atom. The first-order valence-electron chi connectivity index (χ1n) is 5.46. The highest BCUT2D eigenvalue weighted by atomic mass is 35.5. The average molecular weight is 251 g/mol. The summed E-state index contributed by atoms with van der Waals surface area (Å²) in [5.41, 5.74) is 3.24. The van der Waals surface area contributed by atoms with Crippen LogP contribution in [0.1, 0.15) is 16.8 Å². The Morgan fingerprint density at radius 3 is 2.59 bits per heavy atom. The summed E-state index contributed by atoms with van der Waals surface area (Å²) in [5.74, 6) is 0. The average Bonchev–Trinajstić information content (AvgIpc) is 2.57. The van der Waals surface area contributed by atoms with Crippen LogP contribution in [0.4, 0.5) is 0 Å². The van der Waals surface area contributed by atoms with Gasteiger partial charge in [-0.3, -0.25) is 9.67 Å². The van der Waals surface area contributed by atoms with Gasteiger partial charge in [-0.2, -0.15) is 5.10 Å². The van der Waals surface area contributed by atoms with Crippen molar-refractivity contribution in [3.8, 4) is 0 Å². The summed E-state index contributed by atoms with van der Waals surface area (Å²) >= 11 is 6.15. The molecule has 0 radical (unpaired) electrons. The van der Waals surface area contributed by atoms with E-state index in [1.807, 2.05) is 26.1 Å². The summed E-state index contributed by atoms with van der Waals surface area (Å²) < 4.78 is 1.69. The zero-order chi connectivity index (χ0) is 12.3. The summed E-state index contributed by atoms with van der Waals surface area (Å²) in [5, 5.41) is 8.32. The molecule has 2 aromatic rings. The summed E-state index contributed by atoms with van der Waals surface area (Å²) in [4.78, 5) is 3.98. The SMILES string of the molecule is Cc1nn(C)c(Cl)c1CNCc1ccncc1. The highest BCUT2D eigenvalue weighted by molar-refractivity contribution is 6.30. The Bertz CT molecular complexity index is 493. The van der Waals surface area contributed by atoms with E-state index in [2.05, 4.69) is 15.4 Å². The first-order chi connectivity index (χ1) is 8.18. The Labute approximate surface area is 106 Å². The molecule has 0 saturated heterocycles. The molecular formula is C12H15ClN4. The van der Waals surface area contributed by atoms with Crippen molar-refractivity contribution in [3.05, 3.63) is 46.5 Å². The molecule has 17 heavy (non-hydrogen) atoms. The lowest BCUT2D eigenvalue weighted by molar-refractivity contribution is 0.689. The van der Waals surface area contributed by atoms with E-state index in [0.29, 0.717) is 5.15 Å². The van der Waals surface area contributed by atoms with E-state index in [0.717, 1.165) is 24.3 Å². The molecule has 0 aliphatic rings. The number of hydrogen-bond donors (Lipinski definition) is 1. The fourth-order valence-corrected chi connectivity index (χ4v) is 1.95. The number of rotatable bonds is 4. The Kier molecular flexibility index (Phi) is 3.76. The van der Waals surface area contributed by atoms with E-state index in [1.54, 1.807) is 17.1 Å². The molecule has 0 amide bonds. The number of hydrogen-bond acceptors (Lipinski definition) is 3. The van der Waals surface area contributed by atoms with Gasteiger partial charge in [-0.15, -0.1) is 0 Å². The van der Waals surface area contributed by atoms with Gasteiger partial charge in [-0.05, 0) is 24.6 Å². The van der Waals surface area contributed by atoms with Crippen molar-refractivity contribution in [3.63, 3.8) is 0 Å². The predicted octanol–water partition coefficient (Wildman–Crippen LogP) is 2.07. The van der Waals surface area contributed by atoms with Crippen LogP contribution in [-0.2, 0) is 20.1 Å². The zero-order valence-electron chi connectivity index (χ0n) is 9.94. The van der Waals surface area contributed by atoms with Gasteiger partial charge in [0.05, 0.1) is 5.69 Å². The van der Waals surface area contributed by atoms with Gasteiger partial charge in [-0.25, -0.2) is 0 Å². The molecule has 0 spiro atoms. The van der Waals surface area contributed by atoms with Crippen molar-refractivity contribution in [1.82, 2.24) is 20.1 Å². The zero-order valence-corrected chi connectivity index (χ0v) is 10.7. The monoisotopic (exact) mass is 250 g/mol. The van der Waals surface area contributed by atoms with Crippen LogP contribution in [0.5, 0.6) is 0 Å². The molecule has 0 unspecified atom stereocenters. The van der Waals surface area contributed by atoms with Crippen molar-refractivity contribution in [2.24, 2.45) is 7.05 Å². The van der Waals surface area contributed by atoms with Crippen LogP contribution >= 0.6 is 11.6 Å². The summed E-state index contributed by atoms with van der Waals surface area (Å²) in [6, 6.07) is 3.98. The number of nitrogens with one attached hydrogen (secondary N) is 1. The maximum Gasteiger partial charge on any atom is 0.131 e. The Morgan fingerprint density at radius 1 is 1.29 bits per heavy atom. The topological polar surface area (TPSA) is 42.7 Å². The Balaban J connectivity index is 1.95. The second kappa shape index (κ2) is 5.29. The van der Waals surface area contributed by atoms with Crippen molar-refractivity contribution >= 4 is 11.6 Å². The van der Waals surface area contributed by atoms with Crippen LogP contribution in [0.3, 0.4) is 0 Å². The first-order valence-corrected chi connectivity index (χ1v) is 5.84. The Hall–Kier alpha value is -1.39. The van der Waals surface area contributed by atoms with Gasteiger partial charge < -0.3 is 5.32 Å². The maximum absolute atomic E-state index is 6.15. The fraction of sp³-hybridized carbons (Fsp3) is 0.333. The molecule has 5 heteroatoms. The van der Waals surface area contributed by atoms with Crippen LogP contribution in [-0.4, -0.2) is 14.8 Å². The van der Waals surface area contributed by atoms with E-state index in [-0.39, 0.29) is 0 Å². The third kappa shape index (κ3) is 2.84. The third-order valence-electron chi connectivity index (χ3n) is 2.65. The van der Waals surface area contributed by atoms with Crippen LogP contribution in [0, 0.1) is 6.92 Å². The van der Waals surface area contributed by atoms with Crippen molar-refractivity contribution in [2.45, 2.75) is 20.0 Å². The molecule has 0 aliphatic heterocycles. The van der Waals surface area contributed by atoms with Gasteiger partial charge in [0.2, 0.25) is 0 Å². The lowest BCUT2D eigenvalue weighted by Gasteiger charge is -2.04. The van der Waals surface area contributed by atoms with Crippen molar-refractivity contribution < 1.29 is 0 Å². The van der Waals surface area contributed by atoms with Crippen molar-refractivity contribution in [1.29, 1.82) is 0 Å². The molecule has 0 atom stereocenters. The minimum absolute atomic E-state index is 0.699. The number of aryl methyl sites for hydroxylation is 2. The lowest BCUT2D eigenvalue weighted by atomic mass is 10.2. The van der Waals surface area contributed by atoms with Gasteiger partial charge in [0.25, 0.3) is 0 Å². The van der Waals surface area contributed by atoms with Crippen molar-refractivity contribution in [2.75, 3.05) is 0 Å². The number of halogens is 1. The molecule has 2 aromatic heterocycles. The molecular weight excluding hydrogens is 236 g/mol. The number of nitrogens with zero attached hydrogens (tertiary/aromatic N) is 3. The third-order valence-corrected chi connectivity index (χ3v) is 3.12. The minimum Gasteiger partial charge on any atom is -0.308 e. The molecule has 0 bridgehead atoms. The largest absolute Gasteiger partial charge is 0.308 e. The maximum atomic E-state index is 6.15. The number of aromatic nitrogens is 3. The molecule has 90 valence electrons.